The van der Waals surface area contributed by atoms with Crippen LogP contribution in [0.15, 0.2) is 47.8 Å². The second-order valence-corrected chi connectivity index (χ2v) is 10.7. The normalized spacial score (nSPS) is 17.6. The smallest absolute Gasteiger partial charge is 0.270 e. The van der Waals surface area contributed by atoms with Crippen LogP contribution in [-0.4, -0.2) is 58.1 Å². The van der Waals surface area contributed by atoms with Gasteiger partial charge in [0.05, 0.1) is 4.88 Å². The summed E-state index contributed by atoms with van der Waals surface area (Å²) in [5.41, 5.74) is 1.93. The molecule has 178 valence electrons. The first-order valence-electron chi connectivity index (χ1n) is 12.1. The molecule has 2 saturated heterocycles. The number of likely N-dealkylation sites (tertiary alicyclic amines) is 2. The first kappa shape index (κ1) is 22.8. The highest BCUT2D eigenvalue weighted by molar-refractivity contribution is 7.12. The number of hydrogen-bond donors (Lipinski definition) is 0. The average molecular weight is 478 g/mol. The number of rotatable bonds is 6. The summed E-state index contributed by atoms with van der Waals surface area (Å²) in [6.07, 6.45) is 4.33. The van der Waals surface area contributed by atoms with E-state index in [-0.39, 0.29) is 23.0 Å². The fourth-order valence-electron chi connectivity index (χ4n) is 5.52. The van der Waals surface area contributed by atoms with Crippen molar-refractivity contribution in [1.29, 1.82) is 0 Å². The fraction of sp³-hybridized carbons (Fsp3) is 0.444. The SMILES string of the molecule is Cn1c(C(=O)N2CCC3(CCN(C(=O)CCCC(=O)c4cccs4)C3)CC2)cc2ccccc21. The van der Waals surface area contributed by atoms with Gasteiger partial charge >= 0.3 is 0 Å². The van der Waals surface area contributed by atoms with Crippen molar-refractivity contribution in [2.45, 2.75) is 38.5 Å². The lowest BCUT2D eigenvalue weighted by Gasteiger charge is -2.39. The van der Waals surface area contributed by atoms with E-state index in [0.717, 1.165) is 66.9 Å². The highest BCUT2D eigenvalue weighted by Gasteiger charge is 2.42. The molecule has 7 heteroatoms. The number of carbonyl (C=O) groups excluding carboxylic acids is 3. The van der Waals surface area contributed by atoms with E-state index in [1.165, 1.54) is 11.3 Å². The number of para-hydroxylation sites is 1. The van der Waals surface area contributed by atoms with Crippen LogP contribution in [0.5, 0.6) is 0 Å². The van der Waals surface area contributed by atoms with Crippen LogP contribution < -0.4 is 0 Å². The Hall–Kier alpha value is -2.93. The first-order valence-corrected chi connectivity index (χ1v) is 13.0. The molecule has 0 atom stereocenters. The standard InChI is InChI=1S/C27H31N3O3S/c1-28-21-7-3-2-6-20(21)18-22(28)26(33)29-14-11-27(12-15-29)13-16-30(19-27)25(32)10-4-8-23(31)24-9-5-17-34-24/h2-3,5-7,9,17-18H,4,8,10-16,19H2,1H3. The number of hydrogen-bond acceptors (Lipinski definition) is 4. The minimum Gasteiger partial charge on any atom is -0.342 e. The maximum absolute atomic E-state index is 13.2. The molecule has 2 aliphatic rings. The van der Waals surface area contributed by atoms with Gasteiger partial charge in [0.15, 0.2) is 5.78 Å². The van der Waals surface area contributed by atoms with E-state index < -0.39 is 0 Å². The van der Waals surface area contributed by atoms with Crippen LogP contribution in [-0.2, 0) is 11.8 Å². The van der Waals surface area contributed by atoms with Gasteiger partial charge in [-0.3, -0.25) is 14.4 Å². The van der Waals surface area contributed by atoms with Crippen molar-refractivity contribution in [2.75, 3.05) is 26.2 Å². The Morgan fingerprint density at radius 3 is 2.38 bits per heavy atom. The topological polar surface area (TPSA) is 62.6 Å². The summed E-state index contributed by atoms with van der Waals surface area (Å²) in [6.45, 7) is 3.03. The average Bonchev–Trinajstić information content (AvgIpc) is 3.59. The van der Waals surface area contributed by atoms with E-state index in [9.17, 15) is 14.4 Å². The van der Waals surface area contributed by atoms with Gasteiger partial charge in [-0.15, -0.1) is 11.3 Å². The summed E-state index contributed by atoms with van der Waals surface area (Å²) >= 11 is 1.46. The van der Waals surface area contributed by atoms with E-state index >= 15 is 0 Å². The van der Waals surface area contributed by atoms with Crippen LogP contribution in [0.4, 0.5) is 0 Å². The Kier molecular flexibility index (Phi) is 6.30. The minimum absolute atomic E-state index is 0.0925. The molecule has 0 bridgehead atoms. The second kappa shape index (κ2) is 9.37. The molecule has 0 N–H and O–H groups in total. The van der Waals surface area contributed by atoms with E-state index in [2.05, 4.69) is 0 Å². The number of Topliss-reactive ketones (excluding diaryl/α,β-unsaturated/α-hetero) is 1. The predicted octanol–water partition coefficient (Wildman–Crippen LogP) is 4.75. The largest absolute Gasteiger partial charge is 0.342 e. The number of benzene rings is 1. The Morgan fingerprint density at radius 2 is 1.68 bits per heavy atom. The zero-order valence-electron chi connectivity index (χ0n) is 19.7. The summed E-state index contributed by atoms with van der Waals surface area (Å²) < 4.78 is 1.99. The van der Waals surface area contributed by atoms with Gasteiger partial charge in [0.2, 0.25) is 5.91 Å². The molecule has 0 radical (unpaired) electrons. The van der Waals surface area contributed by atoms with Crippen LogP contribution in [0, 0.1) is 5.41 Å². The summed E-state index contributed by atoms with van der Waals surface area (Å²) in [4.78, 5) is 42.9. The predicted molar refractivity (Wildman–Crippen MR) is 134 cm³/mol. The van der Waals surface area contributed by atoms with Gasteiger partial charge in [-0.05, 0) is 54.7 Å². The van der Waals surface area contributed by atoms with Crippen LogP contribution in [0.25, 0.3) is 10.9 Å². The molecule has 3 aromatic rings. The summed E-state index contributed by atoms with van der Waals surface area (Å²) in [5.74, 6) is 0.378. The van der Waals surface area contributed by atoms with Crippen LogP contribution in [0.2, 0.25) is 0 Å². The van der Waals surface area contributed by atoms with Crippen molar-refractivity contribution >= 4 is 39.8 Å². The Morgan fingerprint density at radius 1 is 0.941 bits per heavy atom. The Bertz CT molecular complexity index is 1210. The molecular formula is C27H31N3O3S. The Balaban J connectivity index is 1.12. The third-order valence-electron chi connectivity index (χ3n) is 7.66. The second-order valence-electron chi connectivity index (χ2n) is 9.76. The van der Waals surface area contributed by atoms with E-state index in [1.807, 2.05) is 69.3 Å². The lowest BCUT2D eigenvalue weighted by atomic mass is 9.77. The van der Waals surface area contributed by atoms with Crippen molar-refractivity contribution in [3.63, 3.8) is 0 Å². The van der Waals surface area contributed by atoms with Gasteiger partial charge in [-0.2, -0.15) is 0 Å². The zero-order chi connectivity index (χ0) is 23.7. The maximum atomic E-state index is 13.2. The molecule has 5 rings (SSSR count). The van der Waals surface area contributed by atoms with Gasteiger partial charge in [0.25, 0.3) is 5.91 Å². The molecule has 6 nitrogen and oxygen atoms in total. The Labute approximate surface area is 204 Å². The van der Waals surface area contributed by atoms with Crippen molar-refractivity contribution in [3.05, 3.63) is 58.4 Å². The van der Waals surface area contributed by atoms with Crippen molar-refractivity contribution in [2.24, 2.45) is 12.5 Å². The summed E-state index contributed by atoms with van der Waals surface area (Å²) in [7, 11) is 1.95. The molecule has 2 amide bonds. The third-order valence-corrected chi connectivity index (χ3v) is 8.57. The highest BCUT2D eigenvalue weighted by atomic mass is 32.1. The summed E-state index contributed by atoms with van der Waals surface area (Å²) in [5, 5.41) is 2.99. The molecular weight excluding hydrogens is 446 g/mol. The number of nitrogens with zero attached hydrogens (tertiary/aromatic N) is 3. The minimum atomic E-state index is 0.0925. The summed E-state index contributed by atoms with van der Waals surface area (Å²) in [6, 6.07) is 13.8. The van der Waals surface area contributed by atoms with Gasteiger partial charge in [-0.25, -0.2) is 0 Å². The number of ketones is 1. The number of piperidine rings is 1. The molecule has 34 heavy (non-hydrogen) atoms. The molecule has 2 fully saturated rings. The van der Waals surface area contributed by atoms with Crippen molar-refractivity contribution in [1.82, 2.24) is 14.4 Å². The zero-order valence-corrected chi connectivity index (χ0v) is 20.5. The molecule has 4 heterocycles. The van der Waals surface area contributed by atoms with Gasteiger partial charge < -0.3 is 14.4 Å². The lowest BCUT2D eigenvalue weighted by Crippen LogP contribution is -2.45. The van der Waals surface area contributed by atoms with Crippen LogP contribution in [0.1, 0.15) is 58.7 Å². The van der Waals surface area contributed by atoms with Gasteiger partial charge in [0, 0.05) is 57.0 Å². The maximum Gasteiger partial charge on any atom is 0.270 e. The number of amides is 2. The number of aryl methyl sites for hydroxylation is 1. The number of fused-ring (bicyclic) bond motifs is 1. The quantitative estimate of drug-likeness (QED) is 0.482. The van der Waals surface area contributed by atoms with Crippen molar-refractivity contribution in [3.8, 4) is 0 Å². The van der Waals surface area contributed by atoms with Crippen LogP contribution in [0.3, 0.4) is 0 Å². The molecule has 2 aromatic heterocycles. The number of thiophene rings is 1. The van der Waals surface area contributed by atoms with Gasteiger partial charge in [0.1, 0.15) is 5.69 Å². The van der Waals surface area contributed by atoms with E-state index in [0.29, 0.717) is 19.3 Å². The van der Waals surface area contributed by atoms with Crippen LogP contribution >= 0.6 is 11.3 Å². The molecule has 2 aliphatic heterocycles. The number of carbonyl (C=O) groups is 3. The lowest BCUT2D eigenvalue weighted by molar-refractivity contribution is -0.130. The molecule has 1 aromatic carbocycles. The molecule has 1 spiro atoms. The van der Waals surface area contributed by atoms with Gasteiger partial charge in [-0.1, -0.05) is 24.3 Å². The molecule has 0 unspecified atom stereocenters. The highest BCUT2D eigenvalue weighted by Crippen LogP contribution is 2.41. The fourth-order valence-corrected chi connectivity index (χ4v) is 6.21. The monoisotopic (exact) mass is 477 g/mol. The number of aromatic nitrogens is 1. The van der Waals surface area contributed by atoms with E-state index in [1.54, 1.807) is 0 Å². The van der Waals surface area contributed by atoms with E-state index in [4.69, 9.17) is 0 Å². The third kappa shape index (κ3) is 4.41. The first-order chi connectivity index (χ1) is 16.5. The molecule has 0 saturated carbocycles. The molecule has 0 aliphatic carbocycles. The van der Waals surface area contributed by atoms with Crippen molar-refractivity contribution < 1.29 is 14.4 Å².